The Kier molecular flexibility index (Phi) is 1.25. The van der Waals surface area contributed by atoms with Crippen LogP contribution in [0.5, 0.6) is 0 Å². The lowest BCUT2D eigenvalue weighted by Gasteiger charge is -1.93. The van der Waals surface area contributed by atoms with E-state index in [1.807, 2.05) is 0 Å². The zero-order valence-electron chi connectivity index (χ0n) is 6.98. The summed E-state index contributed by atoms with van der Waals surface area (Å²) in [6.07, 6.45) is 1.57. The van der Waals surface area contributed by atoms with Gasteiger partial charge in [-0.25, -0.2) is 15.0 Å². The van der Waals surface area contributed by atoms with Crippen LogP contribution in [0.15, 0.2) is 6.33 Å². The number of hydrogen-bond donors (Lipinski definition) is 3. The Labute approximate surface area is 82.0 Å². The molecule has 3 rings (SSSR count). The number of H-pyrrole nitrogens is 1. The highest BCUT2D eigenvalue weighted by Gasteiger charge is 2.11. The van der Waals surface area contributed by atoms with Gasteiger partial charge in [0, 0.05) is 0 Å². The van der Waals surface area contributed by atoms with Crippen LogP contribution in [0.2, 0.25) is 0 Å². The Morgan fingerprint density at radius 3 is 2.93 bits per heavy atom. The van der Waals surface area contributed by atoms with E-state index >= 15 is 0 Å². The van der Waals surface area contributed by atoms with Crippen LogP contribution in [-0.2, 0) is 0 Å². The van der Waals surface area contributed by atoms with Crippen LogP contribution in [-0.4, -0.2) is 19.9 Å². The molecule has 0 aliphatic carbocycles. The van der Waals surface area contributed by atoms with Crippen LogP contribution in [0.25, 0.3) is 21.4 Å². The van der Waals surface area contributed by atoms with Gasteiger partial charge in [0.15, 0.2) is 10.9 Å². The molecule has 3 heterocycles. The van der Waals surface area contributed by atoms with Crippen LogP contribution in [0.1, 0.15) is 0 Å². The van der Waals surface area contributed by atoms with E-state index in [2.05, 4.69) is 19.9 Å². The predicted molar refractivity (Wildman–Crippen MR) is 55.9 cm³/mol. The van der Waals surface area contributed by atoms with Gasteiger partial charge in [-0.2, -0.15) is 0 Å². The lowest BCUT2D eigenvalue weighted by Crippen LogP contribution is -1.91. The summed E-state index contributed by atoms with van der Waals surface area (Å²) in [4.78, 5) is 16.1. The highest BCUT2D eigenvalue weighted by Crippen LogP contribution is 2.29. The van der Waals surface area contributed by atoms with E-state index in [-0.39, 0.29) is 0 Å². The molecule has 0 radical (unpaired) electrons. The number of nitrogens with one attached hydrogen (secondary N) is 1. The summed E-state index contributed by atoms with van der Waals surface area (Å²) in [7, 11) is 0. The maximum atomic E-state index is 5.72. The van der Waals surface area contributed by atoms with Gasteiger partial charge in [-0.15, -0.1) is 0 Å². The molecule has 3 aromatic rings. The van der Waals surface area contributed by atoms with E-state index in [1.165, 1.54) is 11.3 Å². The molecule has 3 aromatic heterocycles. The molecule has 14 heavy (non-hydrogen) atoms. The molecule has 0 aliphatic heterocycles. The monoisotopic (exact) mass is 206 g/mol. The fraction of sp³-hybridized carbons (Fsp3) is 0. The first-order valence-electron chi connectivity index (χ1n) is 3.90. The zero-order valence-corrected chi connectivity index (χ0v) is 7.80. The van der Waals surface area contributed by atoms with E-state index < -0.39 is 0 Å². The quantitative estimate of drug-likeness (QED) is 0.502. The minimum atomic E-state index is 0.400. The molecule has 0 aliphatic rings. The Morgan fingerprint density at radius 1 is 1.21 bits per heavy atom. The SMILES string of the molecule is Nc1nc2c(nc(N)c3nc[nH]c32)s1. The largest absolute Gasteiger partial charge is 0.382 e. The Hall–Kier alpha value is -1.89. The summed E-state index contributed by atoms with van der Waals surface area (Å²) in [5.41, 5.74) is 13.5. The standard InChI is InChI=1S/C7H6N6S/c8-5-3-2(10-1-11-3)4-6(13-5)14-7(9)12-4/h1H,(H2,8,13)(H2,9,12)(H,10,11). The van der Waals surface area contributed by atoms with Crippen LogP contribution < -0.4 is 11.5 Å². The second-order valence-electron chi connectivity index (χ2n) is 2.83. The number of nitrogens with two attached hydrogens (primary N) is 2. The van der Waals surface area contributed by atoms with Gasteiger partial charge in [-0.05, 0) is 0 Å². The van der Waals surface area contributed by atoms with Crippen LogP contribution in [0, 0.1) is 0 Å². The van der Waals surface area contributed by atoms with Crippen molar-refractivity contribution in [1.29, 1.82) is 0 Å². The summed E-state index contributed by atoms with van der Waals surface area (Å²) in [5.74, 6) is 0.400. The molecular weight excluding hydrogens is 200 g/mol. The van der Waals surface area contributed by atoms with Crippen molar-refractivity contribution in [2.24, 2.45) is 0 Å². The number of nitrogens with zero attached hydrogens (tertiary/aromatic N) is 3. The van der Waals surface area contributed by atoms with Gasteiger partial charge >= 0.3 is 0 Å². The first-order valence-corrected chi connectivity index (χ1v) is 4.72. The van der Waals surface area contributed by atoms with Crippen molar-refractivity contribution in [2.75, 3.05) is 11.5 Å². The molecule has 0 saturated carbocycles. The second kappa shape index (κ2) is 2.32. The molecule has 0 atom stereocenters. The Morgan fingerprint density at radius 2 is 2.07 bits per heavy atom. The van der Waals surface area contributed by atoms with E-state index in [0.717, 1.165) is 15.9 Å². The van der Waals surface area contributed by atoms with Gasteiger partial charge in [0.05, 0.1) is 11.8 Å². The summed E-state index contributed by atoms with van der Waals surface area (Å²) in [6, 6.07) is 0. The van der Waals surface area contributed by atoms with Crippen molar-refractivity contribution < 1.29 is 0 Å². The number of hydrogen-bond acceptors (Lipinski definition) is 6. The number of thiazole rings is 1. The average molecular weight is 206 g/mol. The summed E-state index contributed by atoms with van der Waals surface area (Å²) in [6.45, 7) is 0. The summed E-state index contributed by atoms with van der Waals surface area (Å²) in [5, 5.41) is 0.481. The maximum absolute atomic E-state index is 5.72. The van der Waals surface area contributed by atoms with Gasteiger partial charge in [-0.1, -0.05) is 11.3 Å². The van der Waals surface area contributed by atoms with Crippen molar-refractivity contribution in [3.63, 3.8) is 0 Å². The topological polar surface area (TPSA) is 106 Å². The normalized spacial score (nSPS) is 11.4. The molecule has 6 nitrogen and oxygen atoms in total. The second-order valence-corrected chi connectivity index (χ2v) is 3.84. The number of pyridine rings is 1. The lowest BCUT2D eigenvalue weighted by atomic mass is 10.3. The fourth-order valence-corrected chi connectivity index (χ4v) is 2.12. The molecule has 0 aromatic carbocycles. The number of anilines is 2. The van der Waals surface area contributed by atoms with Gasteiger partial charge in [0.25, 0.3) is 0 Å². The van der Waals surface area contributed by atoms with Crippen molar-refractivity contribution in [3.8, 4) is 0 Å². The van der Waals surface area contributed by atoms with Crippen LogP contribution >= 0.6 is 11.3 Å². The summed E-state index contributed by atoms with van der Waals surface area (Å²) < 4.78 is 0. The number of aromatic nitrogens is 4. The van der Waals surface area contributed by atoms with Crippen LogP contribution in [0.3, 0.4) is 0 Å². The third kappa shape index (κ3) is 0.814. The number of fused-ring (bicyclic) bond motifs is 3. The third-order valence-corrected chi connectivity index (χ3v) is 2.74. The maximum Gasteiger partial charge on any atom is 0.182 e. The molecule has 0 fully saturated rings. The van der Waals surface area contributed by atoms with Gasteiger partial charge < -0.3 is 16.5 Å². The summed E-state index contributed by atoms with van der Waals surface area (Å²) >= 11 is 1.31. The van der Waals surface area contributed by atoms with Crippen molar-refractivity contribution in [1.82, 2.24) is 19.9 Å². The first-order chi connectivity index (χ1) is 6.75. The van der Waals surface area contributed by atoms with Crippen LogP contribution in [0.4, 0.5) is 10.9 Å². The lowest BCUT2D eigenvalue weighted by molar-refractivity contribution is 1.34. The molecule has 0 unspecified atom stereocenters. The molecule has 7 heteroatoms. The van der Waals surface area contributed by atoms with E-state index in [1.54, 1.807) is 6.33 Å². The van der Waals surface area contributed by atoms with Gasteiger partial charge in [0.1, 0.15) is 15.9 Å². The molecule has 70 valence electrons. The third-order valence-electron chi connectivity index (χ3n) is 1.97. The minimum Gasteiger partial charge on any atom is -0.382 e. The smallest absolute Gasteiger partial charge is 0.182 e. The average Bonchev–Trinajstić information content (AvgIpc) is 2.69. The first kappa shape index (κ1) is 7.51. The molecular formula is C7H6N6S. The molecule has 0 saturated heterocycles. The number of rotatable bonds is 0. The fourth-order valence-electron chi connectivity index (χ4n) is 1.40. The van der Waals surface area contributed by atoms with Crippen molar-refractivity contribution in [2.45, 2.75) is 0 Å². The Balaban J connectivity index is 2.64. The highest BCUT2D eigenvalue weighted by atomic mass is 32.1. The zero-order chi connectivity index (χ0) is 9.71. The number of imidazole rings is 1. The Bertz CT molecular complexity index is 623. The molecule has 0 amide bonds. The van der Waals surface area contributed by atoms with Gasteiger partial charge in [-0.3, -0.25) is 0 Å². The van der Waals surface area contributed by atoms with Crippen molar-refractivity contribution in [3.05, 3.63) is 6.33 Å². The van der Waals surface area contributed by atoms with Crippen molar-refractivity contribution >= 4 is 43.7 Å². The highest BCUT2D eigenvalue weighted by molar-refractivity contribution is 7.21. The minimum absolute atomic E-state index is 0.400. The molecule has 5 N–H and O–H groups in total. The number of aromatic amines is 1. The molecule has 0 bridgehead atoms. The van der Waals surface area contributed by atoms with E-state index in [9.17, 15) is 0 Å². The van der Waals surface area contributed by atoms with E-state index in [0.29, 0.717) is 16.5 Å². The van der Waals surface area contributed by atoms with E-state index in [4.69, 9.17) is 11.5 Å². The number of nitrogen functional groups attached to an aromatic ring is 2. The predicted octanol–water partition coefficient (Wildman–Crippen LogP) is 0.732. The van der Waals surface area contributed by atoms with Gasteiger partial charge in [0.2, 0.25) is 0 Å². The molecule has 0 spiro atoms.